The summed E-state index contributed by atoms with van der Waals surface area (Å²) in [5, 5.41) is 0.141. The molecule has 0 bridgehead atoms. The van der Waals surface area contributed by atoms with Crippen molar-refractivity contribution in [3.05, 3.63) is 17.3 Å². The Morgan fingerprint density at radius 3 is 2.89 bits per heavy atom. The molecule has 0 amide bonds. The molecular weight excluding hydrogens is 278 g/mol. The fourth-order valence-corrected chi connectivity index (χ4v) is 3.35. The van der Waals surface area contributed by atoms with E-state index in [1.807, 2.05) is 0 Å². The summed E-state index contributed by atoms with van der Waals surface area (Å²) in [5.74, 6) is 0.120. The van der Waals surface area contributed by atoms with Crippen LogP contribution in [0.25, 0.3) is 0 Å². The van der Waals surface area contributed by atoms with Crippen molar-refractivity contribution in [3.63, 3.8) is 0 Å². The first-order valence-corrected chi connectivity index (χ1v) is 7.32. The molecule has 2 N–H and O–H groups in total. The number of nitrogens with two attached hydrogens (primary N) is 1. The first-order chi connectivity index (χ1) is 8.51. The first-order valence-electron chi connectivity index (χ1n) is 5.51. The van der Waals surface area contributed by atoms with Crippen molar-refractivity contribution in [3.8, 4) is 0 Å². The highest BCUT2D eigenvalue weighted by Gasteiger charge is 2.26. The summed E-state index contributed by atoms with van der Waals surface area (Å²) in [6.07, 6.45) is 1.90. The Kier molecular flexibility index (Phi) is 4.06. The number of ether oxygens (including phenoxy) is 1. The molecule has 1 saturated heterocycles. The average Bonchev–Trinajstić information content (AvgIpc) is 2.61. The molecule has 1 fully saturated rings. The van der Waals surface area contributed by atoms with E-state index in [-0.39, 0.29) is 15.7 Å². The number of halogens is 1. The van der Waals surface area contributed by atoms with Crippen molar-refractivity contribution in [1.82, 2.24) is 9.29 Å². The normalized spacial score (nSPS) is 18.5. The summed E-state index contributed by atoms with van der Waals surface area (Å²) >= 11 is 5.80. The summed E-state index contributed by atoms with van der Waals surface area (Å²) < 4.78 is 31.3. The Bertz CT molecular complexity index is 527. The van der Waals surface area contributed by atoms with Crippen molar-refractivity contribution >= 4 is 27.4 Å². The maximum Gasteiger partial charge on any atom is 0.244 e. The number of aromatic nitrogens is 1. The monoisotopic (exact) mass is 291 g/mol. The number of hydrogen-bond donors (Lipinski definition) is 1. The predicted molar refractivity (Wildman–Crippen MR) is 67.9 cm³/mol. The topological polar surface area (TPSA) is 85.5 Å². The lowest BCUT2D eigenvalue weighted by atomic mass is 10.5. The molecule has 1 aliphatic rings. The van der Waals surface area contributed by atoms with Crippen LogP contribution in [0.1, 0.15) is 6.42 Å². The molecule has 1 aromatic rings. The Hall–Kier alpha value is -0.890. The van der Waals surface area contributed by atoms with Gasteiger partial charge in [-0.2, -0.15) is 4.31 Å². The Labute approximate surface area is 111 Å². The lowest BCUT2D eigenvalue weighted by Crippen LogP contribution is -2.33. The van der Waals surface area contributed by atoms with Gasteiger partial charge in [-0.1, -0.05) is 11.6 Å². The van der Waals surface area contributed by atoms with Crippen LogP contribution in [0, 0.1) is 0 Å². The minimum absolute atomic E-state index is 0.0589. The summed E-state index contributed by atoms with van der Waals surface area (Å²) in [4.78, 5) is 3.83. The zero-order valence-corrected chi connectivity index (χ0v) is 11.2. The minimum atomic E-state index is -3.57. The van der Waals surface area contributed by atoms with Gasteiger partial charge in [0.15, 0.2) is 0 Å². The highest BCUT2D eigenvalue weighted by molar-refractivity contribution is 7.89. The third kappa shape index (κ3) is 2.74. The standard InChI is InChI=1S/C10H14ClN3O3S/c11-9-6-8(7-13-10(9)12)18(15,16)14-2-1-4-17-5-3-14/h6-7H,1-5H2,(H2,12,13). The van der Waals surface area contributed by atoms with E-state index in [0.29, 0.717) is 32.7 Å². The van der Waals surface area contributed by atoms with Gasteiger partial charge in [0, 0.05) is 25.9 Å². The second-order valence-corrected chi connectivity index (χ2v) is 6.25. The zero-order valence-electron chi connectivity index (χ0n) is 9.67. The highest BCUT2D eigenvalue weighted by atomic mass is 35.5. The molecule has 100 valence electrons. The quantitative estimate of drug-likeness (QED) is 0.868. The molecule has 0 spiro atoms. The van der Waals surface area contributed by atoms with Gasteiger partial charge >= 0.3 is 0 Å². The van der Waals surface area contributed by atoms with Crippen LogP contribution in [0.15, 0.2) is 17.2 Å². The van der Waals surface area contributed by atoms with Crippen molar-refractivity contribution in [1.29, 1.82) is 0 Å². The summed E-state index contributed by atoms with van der Waals surface area (Å²) in [7, 11) is -3.57. The molecule has 1 aliphatic heterocycles. The van der Waals surface area contributed by atoms with Crippen molar-refractivity contribution < 1.29 is 13.2 Å². The lowest BCUT2D eigenvalue weighted by Gasteiger charge is -2.19. The van der Waals surface area contributed by atoms with E-state index in [9.17, 15) is 8.42 Å². The third-order valence-electron chi connectivity index (χ3n) is 2.66. The van der Waals surface area contributed by atoms with Gasteiger partial charge in [0.25, 0.3) is 0 Å². The van der Waals surface area contributed by atoms with E-state index in [4.69, 9.17) is 22.1 Å². The number of rotatable bonds is 2. The third-order valence-corrected chi connectivity index (χ3v) is 4.83. The van der Waals surface area contributed by atoms with E-state index in [1.54, 1.807) is 0 Å². The number of hydrogen-bond acceptors (Lipinski definition) is 5. The second kappa shape index (κ2) is 5.40. The van der Waals surface area contributed by atoms with E-state index in [0.717, 1.165) is 0 Å². The fraction of sp³-hybridized carbons (Fsp3) is 0.500. The smallest absolute Gasteiger partial charge is 0.244 e. The van der Waals surface area contributed by atoms with E-state index in [1.165, 1.54) is 16.6 Å². The van der Waals surface area contributed by atoms with Crippen LogP contribution >= 0.6 is 11.6 Å². The number of sulfonamides is 1. The average molecular weight is 292 g/mol. The Balaban J connectivity index is 2.31. The summed E-state index contributed by atoms with van der Waals surface area (Å²) in [6.45, 7) is 1.75. The van der Waals surface area contributed by atoms with Crippen LogP contribution in [0.5, 0.6) is 0 Å². The van der Waals surface area contributed by atoms with Gasteiger partial charge in [-0.25, -0.2) is 13.4 Å². The van der Waals surface area contributed by atoms with Crippen molar-refractivity contribution in [2.24, 2.45) is 0 Å². The minimum Gasteiger partial charge on any atom is -0.382 e. The first kappa shape index (κ1) is 13.5. The van der Waals surface area contributed by atoms with Gasteiger partial charge in [0.05, 0.1) is 11.6 Å². The molecule has 0 saturated carbocycles. The molecule has 0 radical (unpaired) electrons. The predicted octanol–water partition coefficient (Wildman–Crippen LogP) is 0.728. The summed E-state index contributed by atoms with van der Waals surface area (Å²) in [5.41, 5.74) is 5.46. The lowest BCUT2D eigenvalue weighted by molar-refractivity contribution is 0.148. The number of nitrogen functional groups attached to an aromatic ring is 1. The zero-order chi connectivity index (χ0) is 13.2. The maximum atomic E-state index is 12.3. The number of nitrogens with zero attached hydrogens (tertiary/aromatic N) is 2. The molecule has 18 heavy (non-hydrogen) atoms. The molecule has 0 unspecified atom stereocenters. The molecule has 0 aliphatic carbocycles. The van der Waals surface area contributed by atoms with Gasteiger partial charge < -0.3 is 10.5 Å². The van der Waals surface area contributed by atoms with E-state index in [2.05, 4.69) is 4.98 Å². The second-order valence-electron chi connectivity index (χ2n) is 3.91. The fourth-order valence-electron chi connectivity index (χ4n) is 1.68. The van der Waals surface area contributed by atoms with Crippen LogP contribution in [0.2, 0.25) is 5.02 Å². The van der Waals surface area contributed by atoms with Gasteiger partial charge in [-0.15, -0.1) is 0 Å². The molecule has 2 rings (SSSR count). The van der Waals surface area contributed by atoms with Crippen LogP contribution in [-0.2, 0) is 14.8 Å². The highest BCUT2D eigenvalue weighted by Crippen LogP contribution is 2.23. The number of pyridine rings is 1. The van der Waals surface area contributed by atoms with Crippen LogP contribution in [-0.4, -0.2) is 44.0 Å². The molecule has 0 atom stereocenters. The Morgan fingerprint density at radius 2 is 2.17 bits per heavy atom. The van der Waals surface area contributed by atoms with Crippen molar-refractivity contribution in [2.45, 2.75) is 11.3 Å². The molecule has 0 aromatic carbocycles. The molecule has 8 heteroatoms. The van der Waals surface area contributed by atoms with Gasteiger partial charge in [0.2, 0.25) is 10.0 Å². The number of anilines is 1. The molecule has 2 heterocycles. The van der Waals surface area contributed by atoms with Gasteiger partial charge in [0.1, 0.15) is 10.7 Å². The van der Waals surface area contributed by atoms with E-state index < -0.39 is 10.0 Å². The largest absolute Gasteiger partial charge is 0.382 e. The van der Waals surface area contributed by atoms with Gasteiger partial charge in [-0.3, -0.25) is 0 Å². The van der Waals surface area contributed by atoms with Crippen LogP contribution in [0.4, 0.5) is 5.82 Å². The Morgan fingerprint density at radius 1 is 1.39 bits per heavy atom. The maximum absolute atomic E-state index is 12.3. The molecule has 1 aromatic heterocycles. The summed E-state index contributed by atoms with van der Waals surface area (Å²) in [6, 6.07) is 1.32. The van der Waals surface area contributed by atoms with Gasteiger partial charge in [-0.05, 0) is 12.5 Å². The molecule has 6 nitrogen and oxygen atoms in total. The SMILES string of the molecule is Nc1ncc(S(=O)(=O)N2CCCOCC2)cc1Cl. The van der Waals surface area contributed by atoms with Crippen molar-refractivity contribution in [2.75, 3.05) is 32.0 Å². The van der Waals surface area contributed by atoms with E-state index >= 15 is 0 Å². The molecular formula is C10H14ClN3O3S. The van der Waals surface area contributed by atoms with Crippen LogP contribution < -0.4 is 5.73 Å². The van der Waals surface area contributed by atoms with Crippen LogP contribution in [0.3, 0.4) is 0 Å².